The van der Waals surface area contributed by atoms with Crippen molar-refractivity contribution in [2.24, 2.45) is 5.92 Å². The van der Waals surface area contributed by atoms with E-state index in [1.807, 2.05) is 32.9 Å². The summed E-state index contributed by atoms with van der Waals surface area (Å²) in [5.41, 5.74) is 4.46. The maximum atomic E-state index is 15.0. The summed E-state index contributed by atoms with van der Waals surface area (Å²) in [6, 6.07) is 5.31. The lowest BCUT2D eigenvalue weighted by atomic mass is 10.1. The van der Waals surface area contributed by atoms with Crippen LogP contribution in [-0.4, -0.2) is 57.4 Å². The molecule has 10 heteroatoms. The second-order valence-electron chi connectivity index (χ2n) is 9.15. The number of rotatable bonds is 6. The van der Waals surface area contributed by atoms with Crippen molar-refractivity contribution in [2.75, 3.05) is 20.2 Å². The third kappa shape index (κ3) is 4.34. The van der Waals surface area contributed by atoms with Gasteiger partial charge in [-0.05, 0) is 30.5 Å². The summed E-state index contributed by atoms with van der Waals surface area (Å²) in [7, 11) is 1.54. The van der Waals surface area contributed by atoms with Crippen LogP contribution in [0.5, 0.6) is 11.6 Å². The van der Waals surface area contributed by atoms with Gasteiger partial charge in [-0.1, -0.05) is 13.8 Å². The molecule has 1 aliphatic rings. The summed E-state index contributed by atoms with van der Waals surface area (Å²) >= 11 is 1.45. The first kappa shape index (κ1) is 23.2. The number of aryl methyl sites for hydroxylation is 1. The fourth-order valence-corrected chi connectivity index (χ4v) is 5.58. The number of halogens is 1. The molecule has 2 aromatic carbocycles. The largest absolute Gasteiger partial charge is 0.485 e. The summed E-state index contributed by atoms with van der Waals surface area (Å²) in [6.45, 7) is 6.45. The van der Waals surface area contributed by atoms with Gasteiger partial charge in [-0.25, -0.2) is 24.1 Å². The number of thiazole rings is 1. The van der Waals surface area contributed by atoms with E-state index in [9.17, 15) is 14.3 Å². The molecular formula is C25H25FN4O4S. The average molecular weight is 497 g/mol. The first-order valence-corrected chi connectivity index (χ1v) is 12.1. The molecule has 0 saturated heterocycles. The topological polar surface area (TPSA) is 97.7 Å². The number of amides is 1. The molecule has 2 aromatic heterocycles. The lowest BCUT2D eigenvalue weighted by Gasteiger charge is -2.24. The zero-order valence-corrected chi connectivity index (χ0v) is 20.6. The molecule has 0 bridgehead atoms. The Labute approximate surface area is 205 Å². The van der Waals surface area contributed by atoms with E-state index in [-0.39, 0.29) is 18.2 Å². The molecule has 3 heterocycles. The molecule has 0 unspecified atom stereocenters. The number of carbonyl (C=O) groups is 1. The second kappa shape index (κ2) is 8.92. The number of carboxylic acid groups (broad SMARTS) is 1. The van der Waals surface area contributed by atoms with Crippen molar-refractivity contribution >= 4 is 38.7 Å². The Bertz CT molecular complexity index is 1450. The molecule has 35 heavy (non-hydrogen) atoms. The van der Waals surface area contributed by atoms with Crippen molar-refractivity contribution in [1.29, 1.82) is 0 Å². The van der Waals surface area contributed by atoms with Crippen molar-refractivity contribution in [2.45, 2.75) is 33.3 Å². The fraction of sp³-hybridized carbons (Fsp3) is 0.360. The van der Waals surface area contributed by atoms with Crippen LogP contribution >= 0.6 is 11.3 Å². The van der Waals surface area contributed by atoms with Gasteiger partial charge in [0.1, 0.15) is 11.1 Å². The van der Waals surface area contributed by atoms with Crippen molar-refractivity contribution in [3.63, 3.8) is 0 Å². The lowest BCUT2D eigenvalue weighted by Crippen LogP contribution is -2.40. The molecule has 0 fully saturated rings. The fourth-order valence-electron chi connectivity index (χ4n) is 4.47. The minimum atomic E-state index is -1.01. The molecule has 0 spiro atoms. The van der Waals surface area contributed by atoms with Crippen molar-refractivity contribution in [3.8, 4) is 22.2 Å². The third-order valence-electron chi connectivity index (χ3n) is 5.89. The SMILES string of the molecule is COc1cnc2c(-c3nc4cc(F)c5c(c4s3)C[C@@H](CN(CC(C)C)C(=O)O)O5)cc(C)cc2n1. The van der Waals surface area contributed by atoms with Gasteiger partial charge in [0.15, 0.2) is 11.6 Å². The van der Waals surface area contributed by atoms with Crippen LogP contribution in [0.3, 0.4) is 0 Å². The molecule has 8 nitrogen and oxygen atoms in total. The van der Waals surface area contributed by atoms with Gasteiger partial charge in [0.05, 0.1) is 41.1 Å². The highest BCUT2D eigenvalue weighted by Gasteiger charge is 2.32. The van der Waals surface area contributed by atoms with Gasteiger partial charge >= 0.3 is 6.09 Å². The van der Waals surface area contributed by atoms with Gasteiger partial charge in [0, 0.05) is 30.2 Å². The summed E-state index contributed by atoms with van der Waals surface area (Å²) in [6.07, 6.45) is 0.519. The number of methoxy groups -OCH3 is 1. The first-order valence-electron chi connectivity index (χ1n) is 11.3. The molecule has 0 saturated carbocycles. The molecule has 1 amide bonds. The van der Waals surface area contributed by atoms with Crippen LogP contribution in [0.4, 0.5) is 9.18 Å². The zero-order chi connectivity index (χ0) is 24.9. The van der Waals surface area contributed by atoms with Crippen LogP contribution in [0.15, 0.2) is 24.4 Å². The number of hydrogen-bond acceptors (Lipinski definition) is 7. The number of aromatic nitrogens is 3. The third-order valence-corrected chi connectivity index (χ3v) is 7.05. The number of ether oxygens (including phenoxy) is 2. The van der Waals surface area contributed by atoms with Gasteiger partial charge in [-0.2, -0.15) is 0 Å². The second-order valence-corrected chi connectivity index (χ2v) is 10.2. The Morgan fingerprint density at radius 3 is 2.83 bits per heavy atom. The van der Waals surface area contributed by atoms with Crippen molar-refractivity contribution in [1.82, 2.24) is 19.9 Å². The van der Waals surface area contributed by atoms with Crippen LogP contribution < -0.4 is 9.47 Å². The molecule has 1 N–H and O–H groups in total. The van der Waals surface area contributed by atoms with Crippen molar-refractivity contribution < 1.29 is 23.8 Å². The van der Waals surface area contributed by atoms with Crippen molar-refractivity contribution in [3.05, 3.63) is 41.3 Å². The van der Waals surface area contributed by atoms with E-state index in [0.717, 1.165) is 21.4 Å². The molecule has 0 radical (unpaired) electrons. The normalized spacial score (nSPS) is 15.0. The van der Waals surface area contributed by atoms with E-state index in [4.69, 9.17) is 14.5 Å². The minimum absolute atomic E-state index is 0.175. The quantitative estimate of drug-likeness (QED) is 0.387. The highest BCUT2D eigenvalue weighted by atomic mass is 32.1. The number of fused-ring (bicyclic) bond motifs is 4. The van der Waals surface area contributed by atoms with Crippen LogP contribution in [-0.2, 0) is 6.42 Å². The van der Waals surface area contributed by atoms with E-state index in [1.54, 1.807) is 13.3 Å². The summed E-state index contributed by atoms with van der Waals surface area (Å²) in [5, 5.41) is 10.3. The highest BCUT2D eigenvalue weighted by molar-refractivity contribution is 7.22. The van der Waals surface area contributed by atoms with Gasteiger partial charge in [0.2, 0.25) is 5.88 Å². The molecule has 0 aliphatic carbocycles. The summed E-state index contributed by atoms with van der Waals surface area (Å²) < 4.78 is 26.9. The van der Waals surface area contributed by atoms with E-state index in [1.165, 1.54) is 22.3 Å². The van der Waals surface area contributed by atoms with Crippen LogP contribution in [0.2, 0.25) is 0 Å². The van der Waals surface area contributed by atoms with Crippen LogP contribution in [0, 0.1) is 18.7 Å². The van der Waals surface area contributed by atoms with Crippen LogP contribution in [0.25, 0.3) is 31.8 Å². The molecular weight excluding hydrogens is 471 g/mol. The molecule has 1 atom stereocenters. The standard InChI is InChI=1S/C25H25FN4O4S/c1-12(2)10-30(25(31)32)11-14-7-16-22(34-14)17(26)8-19-23(16)35-24(29-19)15-5-13(3)6-18-21(15)27-9-20(28-18)33-4/h5-6,8-9,12,14H,7,10-11H2,1-4H3,(H,31,32)/t14-/m0/s1. The van der Waals surface area contributed by atoms with Gasteiger partial charge in [-0.3, -0.25) is 0 Å². The number of benzene rings is 2. The maximum absolute atomic E-state index is 15.0. The Balaban J connectivity index is 1.54. The van der Waals surface area contributed by atoms with E-state index in [0.29, 0.717) is 40.4 Å². The van der Waals surface area contributed by atoms with Gasteiger partial charge < -0.3 is 19.5 Å². The number of hydrogen-bond donors (Lipinski definition) is 1. The molecule has 1 aliphatic heterocycles. The Morgan fingerprint density at radius 2 is 2.11 bits per heavy atom. The molecule has 4 aromatic rings. The summed E-state index contributed by atoms with van der Waals surface area (Å²) in [4.78, 5) is 26.8. The van der Waals surface area contributed by atoms with Gasteiger partial charge in [-0.15, -0.1) is 11.3 Å². The average Bonchev–Trinajstić information content (AvgIpc) is 3.41. The minimum Gasteiger partial charge on any atom is -0.485 e. The zero-order valence-electron chi connectivity index (χ0n) is 19.8. The maximum Gasteiger partial charge on any atom is 0.407 e. The smallest absolute Gasteiger partial charge is 0.407 e. The predicted molar refractivity (Wildman–Crippen MR) is 132 cm³/mol. The molecule has 182 valence electrons. The van der Waals surface area contributed by atoms with E-state index in [2.05, 4.69) is 9.97 Å². The molecule has 5 rings (SSSR count). The van der Waals surface area contributed by atoms with Crippen LogP contribution in [0.1, 0.15) is 25.0 Å². The van der Waals surface area contributed by atoms with E-state index < -0.39 is 18.0 Å². The Morgan fingerprint density at radius 1 is 1.31 bits per heavy atom. The predicted octanol–water partition coefficient (Wildman–Crippen LogP) is 5.30. The monoisotopic (exact) mass is 496 g/mol. The Kier molecular flexibility index (Phi) is 5.92. The first-order chi connectivity index (χ1) is 16.7. The lowest BCUT2D eigenvalue weighted by molar-refractivity contribution is 0.109. The Hall–Kier alpha value is -3.53. The van der Waals surface area contributed by atoms with Gasteiger partial charge in [0.25, 0.3) is 0 Å². The van der Waals surface area contributed by atoms with E-state index >= 15 is 0 Å². The number of nitrogens with zero attached hydrogens (tertiary/aromatic N) is 4. The highest BCUT2D eigenvalue weighted by Crippen LogP contribution is 2.43. The summed E-state index contributed by atoms with van der Waals surface area (Å²) in [5.74, 6) is 0.298.